The summed E-state index contributed by atoms with van der Waals surface area (Å²) in [6.07, 6.45) is 0.903. The molecule has 0 aliphatic heterocycles. The Morgan fingerprint density at radius 2 is 1.88 bits per heavy atom. The Kier molecular flexibility index (Phi) is 2.26. The van der Waals surface area contributed by atoms with Gasteiger partial charge in [-0.25, -0.2) is 13.2 Å². The van der Waals surface area contributed by atoms with E-state index in [4.69, 9.17) is 0 Å². The van der Waals surface area contributed by atoms with E-state index in [1.165, 1.54) is 0 Å². The van der Waals surface area contributed by atoms with Crippen molar-refractivity contribution in [2.45, 2.75) is 0 Å². The molecule has 2 rings (SSSR count). The van der Waals surface area contributed by atoms with Crippen LogP contribution in [0.1, 0.15) is 10.4 Å². The molecule has 6 heteroatoms. The van der Waals surface area contributed by atoms with E-state index >= 15 is 0 Å². The van der Waals surface area contributed by atoms with Crippen molar-refractivity contribution in [3.63, 3.8) is 0 Å². The molecule has 2 aromatic rings. The summed E-state index contributed by atoms with van der Waals surface area (Å²) in [4.78, 5) is 21.8. The van der Waals surface area contributed by atoms with Gasteiger partial charge in [0, 0.05) is 6.07 Å². The van der Waals surface area contributed by atoms with E-state index in [9.17, 15) is 22.8 Å². The lowest BCUT2D eigenvalue weighted by atomic mass is 10.1. The summed E-state index contributed by atoms with van der Waals surface area (Å²) in [7, 11) is 0. The maximum Gasteiger partial charge on any atom is 0.206 e. The van der Waals surface area contributed by atoms with E-state index in [0.717, 1.165) is 6.26 Å². The summed E-state index contributed by atoms with van der Waals surface area (Å²) < 4.78 is 43.5. The molecule has 0 fully saturated rings. The third-order valence-electron chi connectivity index (χ3n) is 2.06. The zero-order valence-corrected chi connectivity index (χ0v) is 7.59. The first-order chi connectivity index (χ1) is 7.56. The summed E-state index contributed by atoms with van der Waals surface area (Å²) in [6.45, 7) is 0. The van der Waals surface area contributed by atoms with Crippen molar-refractivity contribution in [3.8, 4) is 0 Å². The zero-order chi connectivity index (χ0) is 11.9. The van der Waals surface area contributed by atoms with Crippen LogP contribution < -0.4 is 5.43 Å². The third-order valence-corrected chi connectivity index (χ3v) is 2.06. The van der Waals surface area contributed by atoms with E-state index in [-0.39, 0.29) is 6.29 Å². The van der Waals surface area contributed by atoms with Crippen molar-refractivity contribution < 1.29 is 22.4 Å². The number of rotatable bonds is 1. The quantitative estimate of drug-likeness (QED) is 0.554. The normalized spacial score (nSPS) is 10.7. The first-order valence-corrected chi connectivity index (χ1v) is 4.10. The van der Waals surface area contributed by atoms with Crippen LogP contribution in [0.3, 0.4) is 0 Å². The third kappa shape index (κ3) is 1.30. The molecule has 1 aromatic carbocycles. The molecule has 0 atom stereocenters. The van der Waals surface area contributed by atoms with Gasteiger partial charge in [0.1, 0.15) is 17.2 Å². The highest BCUT2D eigenvalue weighted by Crippen LogP contribution is 2.20. The van der Waals surface area contributed by atoms with Crippen LogP contribution in [0, 0.1) is 17.5 Å². The summed E-state index contributed by atoms with van der Waals surface area (Å²) >= 11 is 0. The first kappa shape index (κ1) is 10.4. The second-order valence-electron chi connectivity index (χ2n) is 3.00. The number of hydrogen-bond donors (Lipinski definition) is 0. The minimum absolute atomic E-state index is 0.145. The number of carbonyl (C=O) groups is 1. The second kappa shape index (κ2) is 3.48. The molecule has 0 saturated carbocycles. The van der Waals surface area contributed by atoms with Crippen molar-refractivity contribution in [1.82, 2.24) is 0 Å². The lowest BCUT2D eigenvalue weighted by molar-refractivity contribution is 0.112. The Balaban J connectivity index is 3.04. The minimum Gasteiger partial charge on any atom is -0.463 e. The zero-order valence-electron chi connectivity index (χ0n) is 7.59. The molecule has 0 unspecified atom stereocenters. The van der Waals surface area contributed by atoms with Crippen molar-refractivity contribution in [1.29, 1.82) is 0 Å². The number of benzene rings is 1. The highest BCUT2D eigenvalue weighted by Gasteiger charge is 2.18. The van der Waals surface area contributed by atoms with Crippen LogP contribution in [-0.4, -0.2) is 6.29 Å². The molecule has 0 saturated heterocycles. The fraction of sp³-hybridized carbons (Fsp3) is 0. The van der Waals surface area contributed by atoms with Crippen LogP contribution in [0.4, 0.5) is 13.2 Å². The lowest BCUT2D eigenvalue weighted by Gasteiger charge is -2.00. The van der Waals surface area contributed by atoms with Gasteiger partial charge in [-0.05, 0) is 0 Å². The molecule has 0 spiro atoms. The van der Waals surface area contributed by atoms with Crippen LogP contribution in [0.25, 0.3) is 11.0 Å². The highest BCUT2D eigenvalue weighted by molar-refractivity contribution is 5.84. The van der Waals surface area contributed by atoms with Gasteiger partial charge in [0.2, 0.25) is 5.43 Å². The number of hydrogen-bond acceptors (Lipinski definition) is 3. The lowest BCUT2D eigenvalue weighted by Crippen LogP contribution is -2.11. The number of halogens is 3. The van der Waals surface area contributed by atoms with Gasteiger partial charge in [-0.3, -0.25) is 9.59 Å². The standard InChI is InChI=1S/C10H3F3O3/c11-5-1-6-7(9(13)8(5)12)10(15)4(2-14)3-16-6/h1-3H. The Morgan fingerprint density at radius 3 is 2.50 bits per heavy atom. The molecule has 0 amide bonds. The van der Waals surface area contributed by atoms with Gasteiger partial charge in [-0.15, -0.1) is 0 Å². The SMILES string of the molecule is O=Cc1coc2cc(F)c(F)c(F)c2c1=O. The van der Waals surface area contributed by atoms with E-state index in [1.807, 2.05) is 0 Å². The van der Waals surface area contributed by atoms with Gasteiger partial charge < -0.3 is 4.42 Å². The van der Waals surface area contributed by atoms with E-state index in [2.05, 4.69) is 4.42 Å². The van der Waals surface area contributed by atoms with Crippen LogP contribution >= 0.6 is 0 Å². The van der Waals surface area contributed by atoms with E-state index in [1.54, 1.807) is 0 Å². The summed E-state index contributed by atoms with van der Waals surface area (Å²) in [6, 6.07) is 0.545. The fourth-order valence-electron chi connectivity index (χ4n) is 1.28. The number of carbonyl (C=O) groups excluding carboxylic acids is 1. The van der Waals surface area contributed by atoms with E-state index in [0.29, 0.717) is 6.07 Å². The second-order valence-corrected chi connectivity index (χ2v) is 3.00. The first-order valence-electron chi connectivity index (χ1n) is 4.10. The highest BCUT2D eigenvalue weighted by atomic mass is 19.2. The molecule has 0 aliphatic carbocycles. The molecule has 0 bridgehead atoms. The molecule has 16 heavy (non-hydrogen) atoms. The van der Waals surface area contributed by atoms with Gasteiger partial charge >= 0.3 is 0 Å². The van der Waals surface area contributed by atoms with Crippen molar-refractivity contribution >= 4 is 17.3 Å². The Bertz CT molecular complexity index is 646. The average molecular weight is 228 g/mol. The monoisotopic (exact) mass is 228 g/mol. The van der Waals surface area contributed by atoms with Crippen LogP contribution in [-0.2, 0) is 0 Å². The fourth-order valence-corrected chi connectivity index (χ4v) is 1.28. The molecule has 1 aromatic heterocycles. The van der Waals surface area contributed by atoms with Crippen LogP contribution in [0.15, 0.2) is 21.5 Å². The van der Waals surface area contributed by atoms with Crippen LogP contribution in [0.2, 0.25) is 0 Å². The van der Waals surface area contributed by atoms with Crippen molar-refractivity contribution in [2.75, 3.05) is 0 Å². The Morgan fingerprint density at radius 1 is 1.19 bits per heavy atom. The predicted molar refractivity (Wildman–Crippen MR) is 47.7 cm³/mol. The summed E-state index contributed by atoms with van der Waals surface area (Å²) in [5, 5.41) is -0.775. The maximum atomic E-state index is 13.2. The molecule has 82 valence electrons. The van der Waals surface area contributed by atoms with Gasteiger partial charge in [0.25, 0.3) is 0 Å². The summed E-state index contributed by atoms with van der Waals surface area (Å²) in [5.41, 5.74) is -1.95. The van der Waals surface area contributed by atoms with Gasteiger partial charge in [0.15, 0.2) is 23.7 Å². The summed E-state index contributed by atoms with van der Waals surface area (Å²) in [5.74, 6) is -4.90. The molecular formula is C10H3F3O3. The molecular weight excluding hydrogens is 225 g/mol. The Labute approximate surface area is 86.1 Å². The van der Waals surface area contributed by atoms with Crippen molar-refractivity contribution in [3.05, 3.63) is 45.6 Å². The van der Waals surface area contributed by atoms with Gasteiger partial charge in [0.05, 0.1) is 5.56 Å². The van der Waals surface area contributed by atoms with Crippen LogP contribution in [0.5, 0.6) is 0 Å². The number of aldehydes is 1. The predicted octanol–water partition coefficient (Wildman–Crippen LogP) is 2.02. The molecule has 0 aliphatic rings. The maximum absolute atomic E-state index is 13.2. The van der Waals surface area contributed by atoms with Gasteiger partial charge in [-0.2, -0.15) is 0 Å². The average Bonchev–Trinajstić information content (AvgIpc) is 2.26. The topological polar surface area (TPSA) is 47.3 Å². The number of fused-ring (bicyclic) bond motifs is 1. The molecule has 0 N–H and O–H groups in total. The minimum atomic E-state index is -1.78. The smallest absolute Gasteiger partial charge is 0.206 e. The molecule has 3 nitrogen and oxygen atoms in total. The molecule has 1 heterocycles. The Hall–Kier alpha value is -2.11. The van der Waals surface area contributed by atoms with E-state index < -0.39 is 39.4 Å². The van der Waals surface area contributed by atoms with Gasteiger partial charge in [-0.1, -0.05) is 0 Å². The molecule has 0 radical (unpaired) electrons. The van der Waals surface area contributed by atoms with Crippen molar-refractivity contribution in [2.24, 2.45) is 0 Å². The largest absolute Gasteiger partial charge is 0.463 e.